The largest absolute Gasteiger partial charge is 0.477 e. The van der Waals surface area contributed by atoms with Gasteiger partial charge in [-0.25, -0.2) is 9.78 Å². The van der Waals surface area contributed by atoms with E-state index in [4.69, 9.17) is 4.74 Å². The average molecular weight is 318 g/mol. The van der Waals surface area contributed by atoms with Gasteiger partial charge in [-0.2, -0.15) is 0 Å². The first-order chi connectivity index (χ1) is 10.6. The summed E-state index contributed by atoms with van der Waals surface area (Å²) >= 11 is 1.27. The summed E-state index contributed by atoms with van der Waals surface area (Å²) < 4.78 is 5.34. The van der Waals surface area contributed by atoms with Crippen molar-refractivity contribution in [2.45, 2.75) is 13.5 Å². The van der Waals surface area contributed by atoms with Crippen molar-refractivity contribution < 1.29 is 14.6 Å². The lowest BCUT2D eigenvalue weighted by Crippen LogP contribution is -2.35. The lowest BCUT2D eigenvalue weighted by atomic mass is 10.1. The smallest absolute Gasteiger partial charge is 0.348 e. The van der Waals surface area contributed by atoms with Crippen LogP contribution in [0, 0.1) is 6.92 Å². The molecule has 0 unspecified atom stereocenters. The third kappa shape index (κ3) is 3.19. The Morgan fingerprint density at radius 1 is 1.36 bits per heavy atom. The van der Waals surface area contributed by atoms with E-state index >= 15 is 0 Å². The van der Waals surface area contributed by atoms with Crippen molar-refractivity contribution in [3.8, 4) is 11.3 Å². The molecule has 1 aliphatic heterocycles. The lowest BCUT2D eigenvalue weighted by molar-refractivity contribution is 0.0341. The second-order valence-electron chi connectivity index (χ2n) is 5.29. The molecule has 0 aliphatic carbocycles. The molecule has 3 rings (SSSR count). The first-order valence-corrected chi connectivity index (χ1v) is 8.06. The Kier molecular flexibility index (Phi) is 4.52. The first-order valence-electron chi connectivity index (χ1n) is 7.24. The van der Waals surface area contributed by atoms with Crippen LogP contribution in [0.25, 0.3) is 11.3 Å². The highest BCUT2D eigenvalue weighted by Crippen LogP contribution is 2.31. The van der Waals surface area contributed by atoms with Crippen LogP contribution in [0.3, 0.4) is 0 Å². The van der Waals surface area contributed by atoms with Gasteiger partial charge in [0.15, 0.2) is 0 Å². The van der Waals surface area contributed by atoms with Gasteiger partial charge in [0, 0.05) is 18.7 Å². The topological polar surface area (TPSA) is 62.7 Å². The number of carboxylic acids is 1. The number of aromatic nitrogens is 1. The van der Waals surface area contributed by atoms with Gasteiger partial charge in [0.25, 0.3) is 0 Å². The molecule has 0 bridgehead atoms. The highest BCUT2D eigenvalue weighted by Gasteiger charge is 2.21. The van der Waals surface area contributed by atoms with E-state index in [2.05, 4.69) is 9.88 Å². The molecule has 1 fully saturated rings. The summed E-state index contributed by atoms with van der Waals surface area (Å²) in [5, 5.41) is 10.3. The summed E-state index contributed by atoms with van der Waals surface area (Å²) in [5.41, 5.74) is 2.51. The molecule has 1 aliphatic rings. The molecule has 0 amide bonds. The Bertz CT molecular complexity index is 678. The van der Waals surface area contributed by atoms with Crippen molar-refractivity contribution in [2.24, 2.45) is 0 Å². The molecule has 22 heavy (non-hydrogen) atoms. The molecule has 0 saturated carbocycles. The number of benzene rings is 1. The summed E-state index contributed by atoms with van der Waals surface area (Å²) in [6.45, 7) is 5.83. The highest BCUT2D eigenvalue weighted by atomic mass is 32.1. The van der Waals surface area contributed by atoms with Crippen LogP contribution in [-0.2, 0) is 11.3 Å². The van der Waals surface area contributed by atoms with E-state index in [0.717, 1.165) is 42.4 Å². The molecule has 1 aromatic carbocycles. The second-order valence-corrected chi connectivity index (χ2v) is 6.38. The van der Waals surface area contributed by atoms with E-state index in [-0.39, 0.29) is 0 Å². The van der Waals surface area contributed by atoms with Gasteiger partial charge in [-0.3, -0.25) is 4.90 Å². The minimum Gasteiger partial charge on any atom is -0.477 e. The Hall–Kier alpha value is -1.76. The van der Waals surface area contributed by atoms with Gasteiger partial charge < -0.3 is 9.84 Å². The van der Waals surface area contributed by atoms with Crippen LogP contribution in [0.4, 0.5) is 0 Å². The number of rotatable bonds is 4. The molecular formula is C16H18N2O3S. The molecule has 1 aromatic heterocycles. The van der Waals surface area contributed by atoms with E-state index in [9.17, 15) is 9.90 Å². The molecule has 0 atom stereocenters. The molecule has 1 saturated heterocycles. The number of hydrogen-bond acceptors (Lipinski definition) is 5. The number of carboxylic acid groups (broad SMARTS) is 1. The van der Waals surface area contributed by atoms with Gasteiger partial charge in [0.05, 0.1) is 25.5 Å². The van der Waals surface area contributed by atoms with Crippen molar-refractivity contribution in [3.63, 3.8) is 0 Å². The lowest BCUT2D eigenvalue weighted by Gasteiger charge is -2.25. The summed E-state index contributed by atoms with van der Waals surface area (Å²) in [6.07, 6.45) is 0. The molecule has 1 N–H and O–H groups in total. The molecular weight excluding hydrogens is 300 g/mol. The number of thiazole rings is 1. The Labute approximate surface area is 133 Å². The summed E-state index contributed by atoms with van der Waals surface area (Å²) in [7, 11) is 0. The van der Waals surface area contributed by atoms with Crippen LogP contribution in [0.2, 0.25) is 0 Å². The monoisotopic (exact) mass is 318 g/mol. The molecule has 116 valence electrons. The van der Waals surface area contributed by atoms with Crippen molar-refractivity contribution in [1.82, 2.24) is 9.88 Å². The number of aryl methyl sites for hydroxylation is 1. The van der Waals surface area contributed by atoms with Crippen molar-refractivity contribution >= 4 is 17.3 Å². The molecule has 0 spiro atoms. The van der Waals surface area contributed by atoms with Crippen LogP contribution < -0.4 is 0 Å². The minimum atomic E-state index is -0.913. The van der Waals surface area contributed by atoms with Gasteiger partial charge in [-0.1, -0.05) is 24.3 Å². The van der Waals surface area contributed by atoms with Crippen molar-refractivity contribution in [3.05, 3.63) is 39.7 Å². The Morgan fingerprint density at radius 3 is 2.77 bits per heavy atom. The summed E-state index contributed by atoms with van der Waals surface area (Å²) in [4.78, 5) is 18.7. The number of ether oxygens (including phenoxy) is 1. The zero-order valence-electron chi connectivity index (χ0n) is 12.4. The van der Waals surface area contributed by atoms with Crippen LogP contribution in [0.5, 0.6) is 0 Å². The van der Waals surface area contributed by atoms with Crippen molar-refractivity contribution in [2.75, 3.05) is 26.3 Å². The molecule has 6 heteroatoms. The van der Waals surface area contributed by atoms with Gasteiger partial charge in [-0.15, -0.1) is 11.3 Å². The number of morpholine rings is 1. The maximum Gasteiger partial charge on any atom is 0.348 e. The number of nitrogens with zero attached hydrogens (tertiary/aromatic N) is 2. The predicted molar refractivity (Wildman–Crippen MR) is 85.3 cm³/mol. The third-order valence-corrected chi connectivity index (χ3v) is 4.76. The maximum atomic E-state index is 11.5. The fourth-order valence-electron chi connectivity index (χ4n) is 2.55. The zero-order chi connectivity index (χ0) is 15.5. The van der Waals surface area contributed by atoms with Crippen LogP contribution in [-0.4, -0.2) is 47.3 Å². The summed E-state index contributed by atoms with van der Waals surface area (Å²) in [6, 6.07) is 7.76. The van der Waals surface area contributed by atoms with Gasteiger partial charge >= 0.3 is 5.97 Å². The fourth-order valence-corrected chi connectivity index (χ4v) is 3.51. The van der Waals surface area contributed by atoms with Crippen molar-refractivity contribution in [1.29, 1.82) is 0 Å². The maximum absolute atomic E-state index is 11.5. The minimum absolute atomic E-state index is 0.317. The Morgan fingerprint density at radius 2 is 2.09 bits per heavy atom. The average Bonchev–Trinajstić information content (AvgIpc) is 2.92. The molecule has 0 radical (unpaired) electrons. The summed E-state index contributed by atoms with van der Waals surface area (Å²) in [5.74, 6) is -0.913. The van der Waals surface area contributed by atoms with Crippen LogP contribution in [0.15, 0.2) is 24.3 Å². The van der Waals surface area contributed by atoms with Gasteiger partial charge in [0.2, 0.25) is 0 Å². The standard InChI is InChI=1S/C16H18N2O3S/c1-11-4-2-3-5-12(11)14-15(16(19)20)22-13(17-14)10-18-6-8-21-9-7-18/h2-5H,6-10H2,1H3,(H,19,20). The second kappa shape index (κ2) is 6.56. The zero-order valence-corrected chi connectivity index (χ0v) is 13.2. The van der Waals surface area contributed by atoms with Gasteiger partial charge in [-0.05, 0) is 12.5 Å². The molecule has 2 heterocycles. The van der Waals surface area contributed by atoms with E-state index in [1.54, 1.807) is 0 Å². The third-order valence-electron chi connectivity index (χ3n) is 3.73. The first kappa shape index (κ1) is 15.1. The SMILES string of the molecule is Cc1ccccc1-c1nc(CN2CCOCC2)sc1C(=O)O. The quantitative estimate of drug-likeness (QED) is 0.939. The van der Waals surface area contributed by atoms with Gasteiger partial charge in [0.1, 0.15) is 9.88 Å². The Balaban J connectivity index is 1.92. The van der Waals surface area contributed by atoms with Crippen LogP contribution in [0.1, 0.15) is 20.2 Å². The normalized spacial score (nSPS) is 15.9. The van der Waals surface area contributed by atoms with E-state index in [1.807, 2.05) is 31.2 Å². The predicted octanol–water partition coefficient (Wildman–Crippen LogP) is 2.65. The number of carbonyl (C=O) groups is 1. The number of hydrogen-bond donors (Lipinski definition) is 1. The molecule has 5 nitrogen and oxygen atoms in total. The fraction of sp³-hybridized carbons (Fsp3) is 0.375. The molecule has 2 aromatic rings. The van der Waals surface area contributed by atoms with E-state index in [1.165, 1.54) is 11.3 Å². The number of aromatic carboxylic acids is 1. The van der Waals surface area contributed by atoms with E-state index < -0.39 is 5.97 Å². The van der Waals surface area contributed by atoms with Crippen LogP contribution >= 0.6 is 11.3 Å². The van der Waals surface area contributed by atoms with E-state index in [0.29, 0.717) is 17.1 Å². The highest BCUT2D eigenvalue weighted by molar-refractivity contribution is 7.14.